The summed E-state index contributed by atoms with van der Waals surface area (Å²) in [6.07, 6.45) is 2.33. The fourth-order valence-corrected chi connectivity index (χ4v) is 4.01. The molecule has 0 amide bonds. The van der Waals surface area contributed by atoms with Crippen molar-refractivity contribution in [2.45, 2.75) is 70.4 Å². The molecule has 0 spiro atoms. The summed E-state index contributed by atoms with van der Waals surface area (Å²) in [5.41, 5.74) is 1.61. The predicted molar refractivity (Wildman–Crippen MR) is 91.5 cm³/mol. The van der Waals surface area contributed by atoms with Gasteiger partial charge in [0, 0.05) is 17.4 Å². The quantitative estimate of drug-likeness (QED) is 0.358. The summed E-state index contributed by atoms with van der Waals surface area (Å²) in [5, 5.41) is 0.279. The van der Waals surface area contributed by atoms with Crippen LogP contribution in [0.4, 0.5) is 0 Å². The Balaban J connectivity index is 2.78. The molecule has 0 unspecified atom stereocenters. The molecular formula is C16H31BrOSi. The van der Waals surface area contributed by atoms with E-state index in [-0.39, 0.29) is 10.5 Å². The molecule has 2 atom stereocenters. The van der Waals surface area contributed by atoms with Gasteiger partial charge >= 0.3 is 0 Å². The van der Waals surface area contributed by atoms with Crippen LogP contribution in [0, 0.1) is 11.3 Å². The lowest BCUT2D eigenvalue weighted by atomic mass is 9.67. The van der Waals surface area contributed by atoms with E-state index in [9.17, 15) is 0 Å². The fraction of sp³-hybridized carbons (Fsp3) is 0.875. The van der Waals surface area contributed by atoms with Crippen molar-refractivity contribution < 1.29 is 4.43 Å². The molecule has 1 aliphatic rings. The maximum atomic E-state index is 6.44. The SMILES string of the molecule is C=C1CC[C@@H](Br)C(C)(C)[C@H]1CO[Si](C)(C)C(C)(C)C. The average molecular weight is 347 g/mol. The average Bonchev–Trinajstić information content (AvgIpc) is 2.22. The van der Waals surface area contributed by atoms with Gasteiger partial charge in [-0.3, -0.25) is 0 Å². The molecule has 112 valence electrons. The molecule has 0 heterocycles. The molecule has 1 nitrogen and oxygen atoms in total. The molecule has 0 radical (unpaired) electrons. The van der Waals surface area contributed by atoms with Crippen LogP contribution in [0.15, 0.2) is 12.2 Å². The van der Waals surface area contributed by atoms with Crippen molar-refractivity contribution in [1.29, 1.82) is 0 Å². The summed E-state index contributed by atoms with van der Waals surface area (Å²) in [6.45, 7) is 21.4. The standard InChI is InChI=1S/C16H31BrOSi/c1-12-9-10-14(17)16(5,6)13(12)11-18-19(7,8)15(2,3)4/h13-14H,1,9-11H2,2-8H3/t13-,14+/m0/s1. The van der Waals surface area contributed by atoms with Gasteiger partial charge in [0.15, 0.2) is 8.32 Å². The van der Waals surface area contributed by atoms with Crippen LogP contribution in [0.5, 0.6) is 0 Å². The minimum absolute atomic E-state index is 0.234. The zero-order chi connectivity index (χ0) is 15.1. The Morgan fingerprint density at radius 3 is 2.37 bits per heavy atom. The van der Waals surface area contributed by atoms with Crippen LogP contribution in [0.25, 0.3) is 0 Å². The van der Waals surface area contributed by atoms with Gasteiger partial charge in [0.1, 0.15) is 0 Å². The van der Waals surface area contributed by atoms with Crippen molar-refractivity contribution >= 4 is 24.2 Å². The van der Waals surface area contributed by atoms with Gasteiger partial charge in [0.25, 0.3) is 0 Å². The molecule has 0 saturated heterocycles. The van der Waals surface area contributed by atoms with Crippen molar-refractivity contribution in [3.05, 3.63) is 12.2 Å². The minimum atomic E-state index is -1.66. The first-order chi connectivity index (χ1) is 8.39. The Labute approximate surface area is 129 Å². The predicted octanol–water partition coefficient (Wildman–Crippen LogP) is 5.76. The normalized spacial score (nSPS) is 28.5. The van der Waals surface area contributed by atoms with Crippen molar-refractivity contribution in [2.75, 3.05) is 6.61 Å². The molecule has 0 aromatic rings. The van der Waals surface area contributed by atoms with Gasteiger partial charge in [0.05, 0.1) is 0 Å². The molecule has 1 aliphatic carbocycles. The first-order valence-corrected chi connectivity index (χ1v) is 11.2. The van der Waals surface area contributed by atoms with E-state index in [1.807, 2.05) is 0 Å². The van der Waals surface area contributed by atoms with E-state index in [4.69, 9.17) is 4.43 Å². The number of halogens is 1. The van der Waals surface area contributed by atoms with Crippen molar-refractivity contribution in [1.82, 2.24) is 0 Å². The summed E-state index contributed by atoms with van der Waals surface area (Å²) in [7, 11) is -1.66. The number of hydrogen-bond acceptors (Lipinski definition) is 1. The Hall–Kier alpha value is 0.397. The molecule has 0 N–H and O–H groups in total. The van der Waals surface area contributed by atoms with Crippen LogP contribution in [0.2, 0.25) is 18.1 Å². The molecule has 0 aromatic heterocycles. The summed E-state index contributed by atoms with van der Waals surface area (Å²) < 4.78 is 6.44. The monoisotopic (exact) mass is 346 g/mol. The van der Waals surface area contributed by atoms with Crippen LogP contribution in [-0.2, 0) is 4.43 Å². The van der Waals surface area contributed by atoms with Crippen LogP contribution in [-0.4, -0.2) is 19.8 Å². The third kappa shape index (κ3) is 3.73. The summed E-state index contributed by atoms with van der Waals surface area (Å²) in [6, 6.07) is 0. The van der Waals surface area contributed by atoms with Crippen molar-refractivity contribution in [3.63, 3.8) is 0 Å². The Bertz CT molecular complexity index is 341. The summed E-state index contributed by atoms with van der Waals surface area (Å²) in [5.74, 6) is 0.472. The topological polar surface area (TPSA) is 9.23 Å². The van der Waals surface area contributed by atoms with E-state index >= 15 is 0 Å². The maximum absolute atomic E-state index is 6.44. The Morgan fingerprint density at radius 2 is 1.89 bits per heavy atom. The minimum Gasteiger partial charge on any atom is -0.416 e. The summed E-state index contributed by atoms with van der Waals surface area (Å²) >= 11 is 3.85. The largest absolute Gasteiger partial charge is 0.416 e. The highest BCUT2D eigenvalue weighted by Gasteiger charge is 2.43. The van der Waals surface area contributed by atoms with E-state index < -0.39 is 8.32 Å². The van der Waals surface area contributed by atoms with Crippen LogP contribution in [0.1, 0.15) is 47.5 Å². The highest BCUT2D eigenvalue weighted by atomic mass is 79.9. The third-order valence-corrected chi connectivity index (χ3v) is 11.5. The second-order valence-electron chi connectivity index (χ2n) is 8.11. The lowest BCUT2D eigenvalue weighted by Gasteiger charge is -2.46. The Kier molecular flexibility index (Phi) is 5.19. The van der Waals surface area contributed by atoms with Crippen LogP contribution >= 0.6 is 15.9 Å². The molecule has 1 rings (SSSR count). The van der Waals surface area contributed by atoms with Crippen molar-refractivity contribution in [2.24, 2.45) is 11.3 Å². The number of hydrogen-bond donors (Lipinski definition) is 0. The van der Waals surface area contributed by atoms with Gasteiger partial charge < -0.3 is 4.43 Å². The highest BCUT2D eigenvalue weighted by molar-refractivity contribution is 9.09. The summed E-state index contributed by atoms with van der Waals surface area (Å²) in [4.78, 5) is 0.568. The van der Waals surface area contributed by atoms with Gasteiger partial charge in [-0.2, -0.15) is 0 Å². The second-order valence-corrected chi connectivity index (χ2v) is 14.0. The van der Waals surface area contributed by atoms with Gasteiger partial charge in [-0.25, -0.2) is 0 Å². The van der Waals surface area contributed by atoms with E-state index in [0.29, 0.717) is 10.7 Å². The second kappa shape index (κ2) is 5.65. The number of alkyl halides is 1. The molecule has 3 heteroatoms. The fourth-order valence-electron chi connectivity index (χ4n) is 2.44. The third-order valence-electron chi connectivity index (χ3n) is 5.33. The molecule has 0 aromatic carbocycles. The zero-order valence-electron chi connectivity index (χ0n) is 13.8. The zero-order valence-corrected chi connectivity index (χ0v) is 16.4. The molecule has 0 bridgehead atoms. The van der Waals surface area contributed by atoms with Gasteiger partial charge in [-0.05, 0) is 36.4 Å². The van der Waals surface area contributed by atoms with Gasteiger partial charge in [-0.1, -0.05) is 62.7 Å². The number of rotatable bonds is 3. The van der Waals surface area contributed by atoms with Gasteiger partial charge in [0.2, 0.25) is 0 Å². The van der Waals surface area contributed by atoms with Crippen LogP contribution < -0.4 is 0 Å². The van der Waals surface area contributed by atoms with Gasteiger partial charge in [-0.15, -0.1) is 0 Å². The molecule has 19 heavy (non-hydrogen) atoms. The van der Waals surface area contributed by atoms with Crippen molar-refractivity contribution in [3.8, 4) is 0 Å². The van der Waals surface area contributed by atoms with E-state index in [1.54, 1.807) is 0 Å². The van der Waals surface area contributed by atoms with Crippen LogP contribution in [0.3, 0.4) is 0 Å². The lowest BCUT2D eigenvalue weighted by molar-refractivity contribution is 0.126. The lowest BCUT2D eigenvalue weighted by Crippen LogP contribution is -2.46. The maximum Gasteiger partial charge on any atom is 0.192 e. The molecule has 1 saturated carbocycles. The van der Waals surface area contributed by atoms with E-state index in [1.165, 1.54) is 12.0 Å². The van der Waals surface area contributed by atoms with E-state index in [2.05, 4.69) is 70.2 Å². The molecule has 1 fully saturated rings. The Morgan fingerprint density at radius 1 is 1.37 bits per heavy atom. The highest BCUT2D eigenvalue weighted by Crippen LogP contribution is 2.47. The smallest absolute Gasteiger partial charge is 0.192 e. The molecule has 0 aliphatic heterocycles. The first kappa shape index (κ1) is 17.4. The first-order valence-electron chi connectivity index (χ1n) is 7.35. The van der Waals surface area contributed by atoms with E-state index in [0.717, 1.165) is 13.0 Å². The molecular weight excluding hydrogens is 316 g/mol.